The average Bonchev–Trinajstić information content (AvgIpc) is 2.14. The Balaban J connectivity index is 3.40. The van der Waals surface area contributed by atoms with Crippen LogP contribution in [-0.4, -0.2) is 4.98 Å². The van der Waals surface area contributed by atoms with Crippen LogP contribution in [0.3, 0.4) is 0 Å². The molecule has 0 spiro atoms. The van der Waals surface area contributed by atoms with Crippen LogP contribution in [0.5, 0.6) is 0 Å². The molecule has 0 aliphatic rings. The summed E-state index contributed by atoms with van der Waals surface area (Å²) in [6.07, 6.45) is -9.92. The van der Waals surface area contributed by atoms with Crippen molar-refractivity contribution in [3.8, 4) is 0 Å². The molecule has 0 fully saturated rings. The number of aromatic nitrogens is 1. The number of hydrogen-bond donors (Lipinski definition) is 0. The molecule has 8 heteroatoms. The molecule has 1 rings (SSSR count). The summed E-state index contributed by atoms with van der Waals surface area (Å²) in [6, 6.07) is 0.386. The second-order valence-electron chi connectivity index (χ2n) is 2.85. The Morgan fingerprint density at radius 1 is 1.00 bits per heavy atom. The minimum absolute atomic E-state index is 0.0474. The van der Waals surface area contributed by atoms with Gasteiger partial charge in [0.2, 0.25) is 0 Å². The van der Waals surface area contributed by atoms with Gasteiger partial charge in [0.1, 0.15) is 0 Å². The molecule has 1 aromatic heterocycles. The molecule has 1 heterocycles. The van der Waals surface area contributed by atoms with Crippen LogP contribution in [0, 0.1) is 0 Å². The molecule has 16 heavy (non-hydrogen) atoms. The molecule has 0 N–H and O–H groups in total. The van der Waals surface area contributed by atoms with Crippen LogP contribution >= 0.6 is 15.9 Å². The van der Waals surface area contributed by atoms with Gasteiger partial charge in [0.25, 0.3) is 0 Å². The molecular formula is C8H4BrF6N. The number of nitrogens with zero attached hydrogens (tertiary/aromatic N) is 1. The number of hydrogen-bond acceptors (Lipinski definition) is 1. The molecule has 0 saturated carbocycles. The fraction of sp³-hybridized carbons (Fsp3) is 0.375. The van der Waals surface area contributed by atoms with Gasteiger partial charge in [0, 0.05) is 11.5 Å². The summed E-state index contributed by atoms with van der Waals surface area (Å²) in [5, 5.41) is -0.0474. The SMILES string of the molecule is FC(F)(F)c1cnc(CBr)cc1C(F)(F)F. The van der Waals surface area contributed by atoms with Gasteiger partial charge in [0.15, 0.2) is 0 Å². The van der Waals surface area contributed by atoms with Crippen molar-refractivity contribution in [1.29, 1.82) is 0 Å². The van der Waals surface area contributed by atoms with Crippen LogP contribution < -0.4 is 0 Å². The van der Waals surface area contributed by atoms with Gasteiger partial charge in [-0.05, 0) is 6.07 Å². The first-order valence-electron chi connectivity index (χ1n) is 3.85. The molecular weight excluding hydrogens is 304 g/mol. The Bertz CT molecular complexity index is 383. The standard InChI is InChI=1S/C8H4BrF6N/c9-2-4-1-5(7(10,11)12)6(3-16-4)8(13,14)15/h1,3H,2H2. The van der Waals surface area contributed by atoms with Crippen LogP contribution in [0.25, 0.3) is 0 Å². The fourth-order valence-corrected chi connectivity index (χ4v) is 1.34. The Kier molecular flexibility index (Phi) is 3.51. The minimum atomic E-state index is -5.07. The lowest BCUT2D eigenvalue weighted by Crippen LogP contribution is -2.17. The number of halogens is 7. The van der Waals surface area contributed by atoms with E-state index in [1.54, 1.807) is 0 Å². The lowest BCUT2D eigenvalue weighted by atomic mass is 10.1. The molecule has 0 aliphatic carbocycles. The highest BCUT2D eigenvalue weighted by atomic mass is 79.9. The van der Waals surface area contributed by atoms with Gasteiger partial charge in [-0.25, -0.2) is 0 Å². The minimum Gasteiger partial charge on any atom is -0.260 e. The summed E-state index contributed by atoms with van der Waals surface area (Å²) in [4.78, 5) is 3.27. The van der Waals surface area contributed by atoms with Crippen molar-refractivity contribution in [1.82, 2.24) is 4.98 Å². The summed E-state index contributed by atoms with van der Waals surface area (Å²) in [6.45, 7) is 0. The zero-order valence-electron chi connectivity index (χ0n) is 7.45. The van der Waals surface area contributed by atoms with Gasteiger partial charge >= 0.3 is 12.4 Å². The normalized spacial score (nSPS) is 12.9. The first kappa shape index (κ1) is 13.3. The van der Waals surface area contributed by atoms with Crippen LogP contribution in [0.15, 0.2) is 12.3 Å². The Hall–Kier alpha value is -0.790. The van der Waals surface area contributed by atoms with E-state index in [4.69, 9.17) is 0 Å². The third kappa shape index (κ3) is 2.87. The van der Waals surface area contributed by atoms with Gasteiger partial charge in [0.05, 0.1) is 16.8 Å². The first-order chi connectivity index (χ1) is 7.16. The second-order valence-corrected chi connectivity index (χ2v) is 3.41. The van der Waals surface area contributed by atoms with Gasteiger partial charge in [-0.15, -0.1) is 0 Å². The van der Waals surface area contributed by atoms with E-state index in [-0.39, 0.29) is 17.2 Å². The van der Waals surface area contributed by atoms with Crippen molar-refractivity contribution in [2.24, 2.45) is 0 Å². The highest BCUT2D eigenvalue weighted by molar-refractivity contribution is 9.08. The van der Waals surface area contributed by atoms with Crippen LogP contribution in [-0.2, 0) is 17.7 Å². The predicted molar refractivity (Wildman–Crippen MR) is 46.9 cm³/mol. The molecule has 1 aromatic rings. The highest BCUT2D eigenvalue weighted by Crippen LogP contribution is 2.40. The van der Waals surface area contributed by atoms with Crippen molar-refractivity contribution >= 4 is 15.9 Å². The molecule has 0 amide bonds. The summed E-state index contributed by atoms with van der Waals surface area (Å²) >= 11 is 2.82. The smallest absolute Gasteiger partial charge is 0.260 e. The van der Waals surface area contributed by atoms with Crippen LogP contribution in [0.2, 0.25) is 0 Å². The lowest BCUT2D eigenvalue weighted by molar-refractivity contribution is -0.162. The summed E-state index contributed by atoms with van der Waals surface area (Å²) < 4.78 is 73.8. The van der Waals surface area contributed by atoms with Crippen molar-refractivity contribution in [3.63, 3.8) is 0 Å². The fourth-order valence-electron chi connectivity index (χ4n) is 1.03. The van der Waals surface area contributed by atoms with Gasteiger partial charge in [-0.2, -0.15) is 26.3 Å². The topological polar surface area (TPSA) is 12.9 Å². The molecule has 0 radical (unpaired) electrons. The summed E-state index contributed by atoms with van der Waals surface area (Å²) in [7, 11) is 0. The molecule has 0 saturated heterocycles. The van der Waals surface area contributed by atoms with Gasteiger partial charge in [-0.1, -0.05) is 15.9 Å². The van der Waals surface area contributed by atoms with Crippen LogP contribution in [0.4, 0.5) is 26.3 Å². The first-order valence-corrected chi connectivity index (χ1v) is 4.97. The van der Waals surface area contributed by atoms with Crippen molar-refractivity contribution in [3.05, 3.63) is 29.1 Å². The maximum Gasteiger partial charge on any atom is 0.418 e. The van der Waals surface area contributed by atoms with E-state index in [2.05, 4.69) is 20.9 Å². The largest absolute Gasteiger partial charge is 0.418 e. The van der Waals surface area contributed by atoms with Crippen molar-refractivity contribution in [2.45, 2.75) is 17.7 Å². The van der Waals surface area contributed by atoms with E-state index in [9.17, 15) is 26.3 Å². The Morgan fingerprint density at radius 3 is 1.88 bits per heavy atom. The molecule has 90 valence electrons. The number of pyridine rings is 1. The average molecular weight is 308 g/mol. The zero-order chi connectivity index (χ0) is 12.6. The molecule has 0 aromatic carbocycles. The lowest BCUT2D eigenvalue weighted by Gasteiger charge is -2.15. The number of alkyl halides is 7. The number of rotatable bonds is 1. The molecule has 0 aliphatic heterocycles. The van der Waals surface area contributed by atoms with Gasteiger partial charge in [-0.3, -0.25) is 4.98 Å². The monoisotopic (exact) mass is 307 g/mol. The summed E-state index contributed by atoms with van der Waals surface area (Å²) in [5.74, 6) is 0. The van der Waals surface area contributed by atoms with E-state index in [0.29, 0.717) is 6.07 Å². The Labute approximate surface area is 94.6 Å². The summed E-state index contributed by atoms with van der Waals surface area (Å²) in [5.41, 5.74) is -3.60. The van der Waals surface area contributed by atoms with Crippen LogP contribution in [0.1, 0.15) is 16.8 Å². The quantitative estimate of drug-likeness (QED) is 0.564. The van der Waals surface area contributed by atoms with Gasteiger partial charge < -0.3 is 0 Å². The van der Waals surface area contributed by atoms with E-state index < -0.39 is 23.5 Å². The zero-order valence-corrected chi connectivity index (χ0v) is 9.04. The predicted octanol–water partition coefficient (Wildman–Crippen LogP) is 4.01. The molecule has 0 atom stereocenters. The third-order valence-corrected chi connectivity index (χ3v) is 2.28. The molecule has 0 unspecified atom stereocenters. The van der Waals surface area contributed by atoms with E-state index in [1.807, 2.05) is 0 Å². The van der Waals surface area contributed by atoms with E-state index in [1.165, 1.54) is 0 Å². The highest BCUT2D eigenvalue weighted by Gasteiger charge is 2.43. The maximum atomic E-state index is 12.4. The third-order valence-electron chi connectivity index (χ3n) is 1.71. The Morgan fingerprint density at radius 2 is 1.50 bits per heavy atom. The van der Waals surface area contributed by atoms with Crippen molar-refractivity contribution in [2.75, 3.05) is 0 Å². The molecule has 0 bridgehead atoms. The molecule has 1 nitrogen and oxygen atoms in total. The van der Waals surface area contributed by atoms with E-state index >= 15 is 0 Å². The maximum absolute atomic E-state index is 12.4. The van der Waals surface area contributed by atoms with Crippen molar-refractivity contribution < 1.29 is 26.3 Å². The van der Waals surface area contributed by atoms with E-state index in [0.717, 1.165) is 0 Å². The second kappa shape index (κ2) is 4.23.